The molecule has 0 bridgehead atoms. The van der Waals surface area contributed by atoms with E-state index in [-0.39, 0.29) is 19.0 Å². The third-order valence-corrected chi connectivity index (χ3v) is 3.49. The molecule has 1 heterocycles. The Morgan fingerprint density at radius 3 is 2.64 bits per heavy atom. The molecule has 8 heteroatoms. The maximum Gasteiger partial charge on any atom is 0.438 e. The summed E-state index contributed by atoms with van der Waals surface area (Å²) in [5.74, 6) is -0.419. The summed E-state index contributed by atoms with van der Waals surface area (Å²) in [6.07, 6.45) is -3.58. The van der Waals surface area contributed by atoms with Crippen molar-refractivity contribution in [1.29, 1.82) is 0 Å². The average molecular weight is 357 g/mol. The summed E-state index contributed by atoms with van der Waals surface area (Å²) in [5, 5.41) is 12.8. The molecule has 2 rings (SSSR count). The Kier molecular flexibility index (Phi) is 6.83. The minimum absolute atomic E-state index is 0.0680. The van der Waals surface area contributed by atoms with Crippen LogP contribution < -0.4 is 10.1 Å². The predicted molar refractivity (Wildman–Crippen MR) is 88.3 cm³/mol. The van der Waals surface area contributed by atoms with Crippen molar-refractivity contribution < 1.29 is 23.0 Å². The van der Waals surface area contributed by atoms with Crippen LogP contribution in [0.25, 0.3) is 11.4 Å². The molecule has 1 aromatic heterocycles. The van der Waals surface area contributed by atoms with E-state index in [1.807, 2.05) is 6.92 Å². The van der Waals surface area contributed by atoms with Crippen molar-refractivity contribution in [2.75, 3.05) is 19.7 Å². The van der Waals surface area contributed by atoms with Gasteiger partial charge in [0.25, 0.3) is 0 Å². The van der Waals surface area contributed by atoms with E-state index in [0.29, 0.717) is 5.56 Å². The van der Waals surface area contributed by atoms with Gasteiger partial charge in [0.1, 0.15) is 18.5 Å². The Morgan fingerprint density at radius 2 is 2.00 bits per heavy atom. The van der Waals surface area contributed by atoms with Crippen molar-refractivity contribution in [3.63, 3.8) is 0 Å². The van der Waals surface area contributed by atoms with E-state index in [1.165, 1.54) is 0 Å². The van der Waals surface area contributed by atoms with E-state index in [1.54, 1.807) is 30.3 Å². The molecular weight excluding hydrogens is 335 g/mol. The van der Waals surface area contributed by atoms with Crippen molar-refractivity contribution in [2.24, 2.45) is 0 Å². The first-order valence-electron chi connectivity index (χ1n) is 8.16. The molecule has 0 saturated carbocycles. The zero-order valence-corrected chi connectivity index (χ0v) is 13.9. The second-order valence-corrected chi connectivity index (χ2v) is 5.65. The monoisotopic (exact) mass is 357 g/mol. The molecule has 2 aromatic rings. The molecule has 0 aliphatic heterocycles. The lowest BCUT2D eigenvalue weighted by molar-refractivity contribution is -0.142. The number of alkyl halides is 3. The van der Waals surface area contributed by atoms with Gasteiger partial charge in [0, 0.05) is 12.1 Å². The molecule has 1 aromatic carbocycles. The quantitative estimate of drug-likeness (QED) is 0.603. The molecule has 0 radical (unpaired) electrons. The second kappa shape index (κ2) is 8.87. The molecule has 0 saturated heterocycles. The number of nitrogens with zero attached hydrogens (tertiary/aromatic N) is 1. The summed E-state index contributed by atoms with van der Waals surface area (Å²) >= 11 is 0. The topological polar surface area (TPSA) is 70.2 Å². The first-order valence-corrected chi connectivity index (χ1v) is 8.16. The number of halogens is 3. The van der Waals surface area contributed by atoms with E-state index >= 15 is 0 Å². The number of nitrogens with one attached hydrogen (secondary N) is 2. The van der Waals surface area contributed by atoms with E-state index in [4.69, 9.17) is 4.74 Å². The summed E-state index contributed by atoms with van der Waals surface area (Å²) in [5.41, 5.74) is -0.609. The van der Waals surface area contributed by atoms with Gasteiger partial charge in [-0.15, -0.1) is 0 Å². The highest BCUT2D eigenvalue weighted by molar-refractivity contribution is 5.56. The molecule has 0 spiro atoms. The fourth-order valence-electron chi connectivity index (χ4n) is 2.20. The Morgan fingerprint density at radius 1 is 1.28 bits per heavy atom. The number of aromatic amines is 1. The van der Waals surface area contributed by atoms with Crippen LogP contribution in [-0.2, 0) is 6.18 Å². The summed E-state index contributed by atoms with van der Waals surface area (Å²) in [4.78, 5) is 6.16. The summed E-state index contributed by atoms with van der Waals surface area (Å²) in [6, 6.07) is 8.47. The number of unbranched alkanes of at least 4 members (excludes halogenated alkanes) is 1. The maximum absolute atomic E-state index is 13.2. The maximum atomic E-state index is 13.2. The number of benzene rings is 1. The number of aliphatic hydroxyl groups is 1. The van der Waals surface area contributed by atoms with Crippen LogP contribution in [0.15, 0.2) is 30.3 Å². The summed E-state index contributed by atoms with van der Waals surface area (Å²) < 4.78 is 44.6. The van der Waals surface area contributed by atoms with Crippen LogP contribution >= 0.6 is 0 Å². The van der Waals surface area contributed by atoms with Crippen molar-refractivity contribution in [3.05, 3.63) is 36.0 Å². The van der Waals surface area contributed by atoms with Gasteiger partial charge in [0.2, 0.25) is 11.6 Å². The minimum atomic E-state index is -4.65. The number of H-pyrrole nitrogens is 1. The molecule has 138 valence electrons. The van der Waals surface area contributed by atoms with Crippen LogP contribution in [-0.4, -0.2) is 40.9 Å². The number of aliphatic hydroxyl groups excluding tert-OH is 1. The van der Waals surface area contributed by atoms with Crippen LogP contribution in [0.3, 0.4) is 0 Å². The summed E-state index contributed by atoms with van der Waals surface area (Å²) in [6.45, 7) is 2.77. The fraction of sp³-hybridized carbons (Fsp3) is 0.471. The minimum Gasteiger partial charge on any atom is -0.475 e. The number of ether oxygens (including phenoxy) is 1. The molecular formula is C17H22F3N3O2. The predicted octanol–water partition coefficient (Wildman–Crippen LogP) is 3.22. The Labute approximate surface area is 144 Å². The third kappa shape index (κ3) is 5.75. The van der Waals surface area contributed by atoms with Crippen molar-refractivity contribution in [3.8, 4) is 17.3 Å². The molecule has 3 N–H and O–H groups in total. The first-order chi connectivity index (χ1) is 11.9. The zero-order chi connectivity index (χ0) is 18.3. The van der Waals surface area contributed by atoms with Crippen LogP contribution in [0.2, 0.25) is 0 Å². The van der Waals surface area contributed by atoms with Gasteiger partial charge >= 0.3 is 6.18 Å². The van der Waals surface area contributed by atoms with E-state index < -0.39 is 23.9 Å². The molecule has 1 unspecified atom stereocenters. The van der Waals surface area contributed by atoms with Crippen LogP contribution in [0.1, 0.15) is 25.5 Å². The van der Waals surface area contributed by atoms with Gasteiger partial charge in [-0.1, -0.05) is 43.7 Å². The van der Waals surface area contributed by atoms with Crippen LogP contribution in [0, 0.1) is 0 Å². The lowest BCUT2D eigenvalue weighted by Crippen LogP contribution is -2.32. The summed E-state index contributed by atoms with van der Waals surface area (Å²) in [7, 11) is 0. The molecule has 0 aliphatic carbocycles. The SMILES string of the molecule is CCCCNCC(O)COc1[nH]c(-c2ccccc2)nc1C(F)(F)F. The average Bonchev–Trinajstić information content (AvgIpc) is 3.02. The van der Waals surface area contributed by atoms with Gasteiger partial charge in [-0.25, -0.2) is 4.98 Å². The highest BCUT2D eigenvalue weighted by Crippen LogP contribution is 2.36. The lowest BCUT2D eigenvalue weighted by atomic mass is 10.2. The second-order valence-electron chi connectivity index (χ2n) is 5.65. The molecule has 0 aliphatic rings. The zero-order valence-electron chi connectivity index (χ0n) is 13.9. The van der Waals surface area contributed by atoms with Crippen LogP contribution in [0.4, 0.5) is 13.2 Å². The molecule has 5 nitrogen and oxygen atoms in total. The Balaban J connectivity index is 2.05. The molecule has 0 amide bonds. The number of rotatable bonds is 9. The van der Waals surface area contributed by atoms with Crippen molar-refractivity contribution >= 4 is 0 Å². The van der Waals surface area contributed by atoms with Crippen LogP contribution in [0.5, 0.6) is 5.88 Å². The van der Waals surface area contributed by atoms with Gasteiger partial charge in [-0.05, 0) is 13.0 Å². The smallest absolute Gasteiger partial charge is 0.438 e. The van der Waals surface area contributed by atoms with Gasteiger partial charge in [0.05, 0.1) is 0 Å². The first kappa shape index (κ1) is 19.3. The van der Waals surface area contributed by atoms with E-state index in [2.05, 4.69) is 15.3 Å². The standard InChI is InChI=1S/C17H22F3N3O2/c1-2-3-9-21-10-13(24)11-25-16-14(17(18,19)20)22-15(23-16)12-7-5-4-6-8-12/h4-8,13,21,24H,2-3,9-11H2,1H3,(H,22,23). The normalized spacial score (nSPS) is 13.0. The number of aromatic nitrogens is 2. The largest absolute Gasteiger partial charge is 0.475 e. The Hall–Kier alpha value is -2.06. The van der Waals surface area contributed by atoms with E-state index in [9.17, 15) is 18.3 Å². The number of imidazole rings is 1. The van der Waals surface area contributed by atoms with Gasteiger partial charge < -0.3 is 20.1 Å². The highest BCUT2D eigenvalue weighted by Gasteiger charge is 2.39. The molecule has 25 heavy (non-hydrogen) atoms. The molecule has 0 fully saturated rings. The van der Waals surface area contributed by atoms with Crippen molar-refractivity contribution in [1.82, 2.24) is 15.3 Å². The fourth-order valence-corrected chi connectivity index (χ4v) is 2.20. The Bertz CT molecular complexity index is 644. The number of hydrogen-bond acceptors (Lipinski definition) is 4. The number of hydrogen-bond donors (Lipinski definition) is 3. The lowest BCUT2D eigenvalue weighted by Gasteiger charge is -2.13. The molecule has 1 atom stereocenters. The van der Waals surface area contributed by atoms with Gasteiger partial charge in [-0.2, -0.15) is 13.2 Å². The highest BCUT2D eigenvalue weighted by atomic mass is 19.4. The van der Waals surface area contributed by atoms with Gasteiger partial charge in [-0.3, -0.25) is 0 Å². The van der Waals surface area contributed by atoms with Crippen molar-refractivity contribution in [2.45, 2.75) is 32.0 Å². The van der Waals surface area contributed by atoms with E-state index in [0.717, 1.165) is 19.4 Å². The third-order valence-electron chi connectivity index (χ3n) is 3.49. The van der Waals surface area contributed by atoms with Gasteiger partial charge in [0.15, 0.2) is 0 Å².